The van der Waals surface area contributed by atoms with Crippen molar-refractivity contribution in [1.82, 2.24) is 9.80 Å². The average molecular weight is 505 g/mol. The Morgan fingerprint density at radius 3 is 2.09 bits per heavy atom. The van der Waals surface area contributed by atoms with Gasteiger partial charge in [-0.2, -0.15) is 0 Å². The van der Waals surface area contributed by atoms with Crippen molar-refractivity contribution in [2.24, 2.45) is 0 Å². The van der Waals surface area contributed by atoms with Crippen LogP contribution in [0.3, 0.4) is 0 Å². The van der Waals surface area contributed by atoms with Gasteiger partial charge in [-0.1, -0.05) is 30.0 Å². The average Bonchev–Trinajstić information content (AvgIpc) is 2.99. The van der Waals surface area contributed by atoms with Crippen LogP contribution in [-0.4, -0.2) is 84.9 Å². The van der Waals surface area contributed by atoms with Crippen LogP contribution in [0.25, 0.3) is 0 Å². The standard InChI is InChI=1S/C21H26N2O2S.C4H4O4.H2O/c1-22-8-10-23(11-9-22)17-12-15-6-4-5-7-20(15)26-21-14-19(25-3)18(24-2)13-16(17)21;5-3(6)1-2-4(7)8;/h4-7,13-14,17H,8-12H2,1-3H3;1-2H,(H,5,6)(H,7,8);1H2. The van der Waals surface area contributed by atoms with E-state index in [-0.39, 0.29) is 5.48 Å². The quantitative estimate of drug-likeness (QED) is 0.590. The number of ether oxygens (including phenoxy) is 2. The first-order valence-corrected chi connectivity index (χ1v) is 11.7. The first-order valence-electron chi connectivity index (χ1n) is 10.9. The van der Waals surface area contributed by atoms with E-state index in [9.17, 15) is 9.59 Å². The number of hydrogen-bond acceptors (Lipinski definition) is 7. The van der Waals surface area contributed by atoms with Gasteiger partial charge in [0.05, 0.1) is 14.2 Å². The summed E-state index contributed by atoms with van der Waals surface area (Å²) in [5.41, 5.74) is 2.78. The second kappa shape index (κ2) is 13.1. The number of rotatable bonds is 5. The van der Waals surface area contributed by atoms with Gasteiger partial charge < -0.3 is 30.1 Å². The van der Waals surface area contributed by atoms with Gasteiger partial charge in [-0.25, -0.2) is 9.59 Å². The Labute approximate surface area is 209 Å². The van der Waals surface area contributed by atoms with E-state index in [0.29, 0.717) is 18.2 Å². The minimum atomic E-state index is -1.26. The zero-order valence-corrected chi connectivity index (χ0v) is 20.9. The molecule has 35 heavy (non-hydrogen) atoms. The van der Waals surface area contributed by atoms with Gasteiger partial charge in [0, 0.05) is 54.2 Å². The molecule has 0 aromatic heterocycles. The highest BCUT2D eigenvalue weighted by Gasteiger charge is 2.30. The normalized spacial score (nSPS) is 17.6. The molecule has 0 bridgehead atoms. The highest BCUT2D eigenvalue weighted by molar-refractivity contribution is 7.99. The van der Waals surface area contributed by atoms with Crippen molar-refractivity contribution in [1.29, 1.82) is 0 Å². The summed E-state index contributed by atoms with van der Waals surface area (Å²) in [4.78, 5) is 26.8. The topological polar surface area (TPSA) is 131 Å². The molecule has 4 N–H and O–H groups in total. The number of piperazine rings is 1. The summed E-state index contributed by atoms with van der Waals surface area (Å²) in [6, 6.07) is 13.5. The first kappa shape index (κ1) is 28.2. The Morgan fingerprint density at radius 2 is 1.51 bits per heavy atom. The Balaban J connectivity index is 0.000000418. The number of fused-ring (bicyclic) bond motifs is 2. The minimum Gasteiger partial charge on any atom is -0.493 e. The molecule has 0 amide bonds. The summed E-state index contributed by atoms with van der Waals surface area (Å²) >= 11 is 1.85. The third kappa shape index (κ3) is 7.46. The number of aliphatic carboxylic acids is 2. The first-order chi connectivity index (χ1) is 16.3. The predicted molar refractivity (Wildman–Crippen MR) is 134 cm³/mol. The van der Waals surface area contributed by atoms with Crippen molar-refractivity contribution in [2.75, 3.05) is 47.4 Å². The number of carboxylic acids is 2. The molecule has 2 aliphatic heterocycles. The molecule has 1 unspecified atom stereocenters. The van der Waals surface area contributed by atoms with Crippen LogP contribution in [0, 0.1) is 0 Å². The Bertz CT molecular complexity index is 1040. The highest BCUT2D eigenvalue weighted by atomic mass is 32.2. The third-order valence-corrected chi connectivity index (χ3v) is 7.02. The highest BCUT2D eigenvalue weighted by Crippen LogP contribution is 2.46. The summed E-state index contributed by atoms with van der Waals surface area (Å²) in [6.45, 7) is 4.44. The molecule has 0 aliphatic carbocycles. The Hall–Kier alpha value is -3.05. The Morgan fingerprint density at radius 1 is 0.943 bits per heavy atom. The molecule has 0 spiro atoms. The van der Waals surface area contributed by atoms with E-state index in [1.54, 1.807) is 14.2 Å². The van der Waals surface area contributed by atoms with E-state index >= 15 is 0 Å². The largest absolute Gasteiger partial charge is 0.493 e. The lowest BCUT2D eigenvalue weighted by Gasteiger charge is -2.38. The molecule has 190 valence electrons. The van der Waals surface area contributed by atoms with Crippen molar-refractivity contribution in [3.63, 3.8) is 0 Å². The maximum atomic E-state index is 9.55. The zero-order valence-electron chi connectivity index (χ0n) is 20.1. The van der Waals surface area contributed by atoms with Gasteiger partial charge in [-0.3, -0.25) is 4.90 Å². The van der Waals surface area contributed by atoms with Gasteiger partial charge in [-0.05, 0) is 42.8 Å². The van der Waals surface area contributed by atoms with E-state index < -0.39 is 11.9 Å². The van der Waals surface area contributed by atoms with Crippen LogP contribution in [0.15, 0.2) is 58.3 Å². The smallest absolute Gasteiger partial charge is 0.328 e. The number of benzene rings is 2. The predicted octanol–water partition coefficient (Wildman–Crippen LogP) is 2.59. The SMILES string of the molecule is COc1cc2c(cc1OC)C(N1CCN(C)CC1)Cc1ccccc1S2.O.O=C(O)C=CC(=O)O. The number of carbonyl (C=O) groups is 2. The van der Waals surface area contributed by atoms with Crippen molar-refractivity contribution < 1.29 is 34.8 Å². The molecule has 4 rings (SSSR count). The van der Waals surface area contributed by atoms with Gasteiger partial charge in [-0.15, -0.1) is 0 Å². The van der Waals surface area contributed by atoms with Crippen LogP contribution >= 0.6 is 11.8 Å². The van der Waals surface area contributed by atoms with Crippen LogP contribution < -0.4 is 9.47 Å². The third-order valence-electron chi connectivity index (χ3n) is 5.83. The summed E-state index contributed by atoms with van der Waals surface area (Å²) in [5, 5.41) is 15.6. The van der Waals surface area contributed by atoms with Gasteiger partial charge in [0.1, 0.15) is 0 Å². The fraction of sp³-hybridized carbons (Fsp3) is 0.360. The van der Waals surface area contributed by atoms with E-state index in [0.717, 1.165) is 44.1 Å². The molecule has 2 heterocycles. The van der Waals surface area contributed by atoms with Crippen molar-refractivity contribution in [3.05, 3.63) is 59.7 Å². The Kier molecular flexibility index (Phi) is 10.6. The monoisotopic (exact) mass is 504 g/mol. The minimum absolute atomic E-state index is 0. The molecule has 10 heteroatoms. The maximum Gasteiger partial charge on any atom is 0.328 e. The van der Waals surface area contributed by atoms with Gasteiger partial charge >= 0.3 is 11.9 Å². The molecule has 0 saturated carbocycles. The molecule has 1 atom stereocenters. The molecular weight excluding hydrogens is 472 g/mol. The molecular formula is C25H32N2O7S. The second-order valence-electron chi connectivity index (χ2n) is 8.02. The van der Waals surface area contributed by atoms with Crippen LogP contribution in [0.5, 0.6) is 11.5 Å². The summed E-state index contributed by atoms with van der Waals surface area (Å²) in [5.74, 6) is -0.896. The summed E-state index contributed by atoms with van der Waals surface area (Å²) in [7, 11) is 5.63. The van der Waals surface area contributed by atoms with Crippen molar-refractivity contribution >= 4 is 23.7 Å². The van der Waals surface area contributed by atoms with Crippen molar-refractivity contribution in [3.8, 4) is 11.5 Å². The molecule has 2 aromatic rings. The lowest BCUT2D eigenvalue weighted by atomic mass is 9.96. The lowest BCUT2D eigenvalue weighted by molar-refractivity contribution is -0.134. The van der Waals surface area contributed by atoms with Crippen LogP contribution in [0.1, 0.15) is 17.2 Å². The fourth-order valence-corrected chi connectivity index (χ4v) is 5.18. The number of hydrogen-bond donors (Lipinski definition) is 2. The van der Waals surface area contributed by atoms with E-state index in [1.165, 1.54) is 20.9 Å². The van der Waals surface area contributed by atoms with Crippen LogP contribution in [0.2, 0.25) is 0 Å². The van der Waals surface area contributed by atoms with E-state index in [1.807, 2.05) is 11.8 Å². The number of methoxy groups -OCH3 is 2. The molecule has 1 fully saturated rings. The second-order valence-corrected chi connectivity index (χ2v) is 9.11. The number of nitrogens with zero attached hydrogens (tertiary/aromatic N) is 2. The molecule has 9 nitrogen and oxygen atoms in total. The summed E-state index contributed by atoms with van der Waals surface area (Å²) < 4.78 is 11.2. The van der Waals surface area contributed by atoms with Crippen LogP contribution in [0.4, 0.5) is 0 Å². The fourth-order valence-electron chi connectivity index (χ4n) is 4.04. The van der Waals surface area contributed by atoms with Gasteiger partial charge in [0.15, 0.2) is 11.5 Å². The van der Waals surface area contributed by atoms with Gasteiger partial charge in [0.25, 0.3) is 0 Å². The van der Waals surface area contributed by atoms with Crippen molar-refractivity contribution in [2.45, 2.75) is 22.3 Å². The molecule has 2 aromatic carbocycles. The van der Waals surface area contributed by atoms with Gasteiger partial charge in [0.2, 0.25) is 0 Å². The molecule has 0 radical (unpaired) electrons. The van der Waals surface area contributed by atoms with Crippen LogP contribution in [-0.2, 0) is 16.0 Å². The number of carboxylic acid groups (broad SMARTS) is 2. The molecule has 1 saturated heterocycles. The molecule has 2 aliphatic rings. The number of likely N-dealkylation sites (N-methyl/N-ethyl adjacent to an activating group) is 1. The van der Waals surface area contributed by atoms with E-state index in [2.05, 4.69) is 53.2 Å². The van der Waals surface area contributed by atoms with E-state index in [4.69, 9.17) is 19.7 Å². The maximum absolute atomic E-state index is 9.55. The zero-order chi connectivity index (χ0) is 24.7. The lowest BCUT2D eigenvalue weighted by Crippen LogP contribution is -2.46. The summed E-state index contributed by atoms with van der Waals surface area (Å²) in [6.07, 6.45) is 2.15.